The molecule has 0 spiro atoms. The van der Waals surface area contributed by atoms with Crippen LogP contribution in [0, 0.1) is 23.7 Å². The van der Waals surface area contributed by atoms with Crippen LogP contribution in [0.2, 0.25) is 0 Å². The number of esters is 2. The van der Waals surface area contributed by atoms with Crippen LogP contribution in [0.4, 0.5) is 11.4 Å². The van der Waals surface area contributed by atoms with Crippen molar-refractivity contribution < 1.29 is 33.4 Å². The van der Waals surface area contributed by atoms with Gasteiger partial charge in [0.25, 0.3) is 5.91 Å². The summed E-state index contributed by atoms with van der Waals surface area (Å²) >= 11 is 12.8. The van der Waals surface area contributed by atoms with Crippen LogP contribution in [0.15, 0.2) is 48.5 Å². The number of nitrogens with zero attached hydrogens (tertiary/aromatic N) is 1. The Morgan fingerprint density at radius 2 is 1.54 bits per heavy atom. The Hall–Kier alpha value is -3.43. The van der Waals surface area contributed by atoms with Gasteiger partial charge in [-0.15, -0.1) is 23.2 Å². The van der Waals surface area contributed by atoms with E-state index < -0.39 is 36.3 Å². The molecule has 2 aromatic rings. The Kier molecular flexibility index (Phi) is 6.68. The quantitative estimate of drug-likeness (QED) is 0.336. The number of nitrogens with one attached hydrogen (secondary N) is 1. The zero-order valence-corrected chi connectivity index (χ0v) is 21.1. The monoisotopic (exact) mass is 544 g/mol. The number of alkyl halides is 2. The van der Waals surface area contributed by atoms with Gasteiger partial charge in [-0.05, 0) is 60.7 Å². The van der Waals surface area contributed by atoms with Gasteiger partial charge in [0, 0.05) is 5.69 Å². The molecule has 1 heterocycles. The largest absolute Gasteiger partial charge is 0.465 e. The Balaban J connectivity index is 1.22. The Morgan fingerprint density at radius 3 is 2.14 bits per heavy atom. The fourth-order valence-electron chi connectivity index (χ4n) is 5.59. The van der Waals surface area contributed by atoms with E-state index in [2.05, 4.69) is 10.1 Å². The first-order valence-corrected chi connectivity index (χ1v) is 12.5. The fourth-order valence-corrected chi connectivity index (χ4v) is 6.49. The maximum atomic E-state index is 13.2. The van der Waals surface area contributed by atoms with Crippen molar-refractivity contribution in [3.63, 3.8) is 0 Å². The van der Waals surface area contributed by atoms with E-state index >= 15 is 0 Å². The van der Waals surface area contributed by atoms with Gasteiger partial charge >= 0.3 is 11.9 Å². The minimum atomic E-state index is -0.793. The van der Waals surface area contributed by atoms with Gasteiger partial charge in [0.15, 0.2) is 6.61 Å². The molecule has 3 aliphatic rings. The Morgan fingerprint density at radius 1 is 0.919 bits per heavy atom. The normalized spacial score (nSPS) is 27.7. The van der Waals surface area contributed by atoms with E-state index in [0.717, 1.165) is 4.90 Å². The molecule has 2 saturated carbocycles. The molecule has 1 N–H and O–H groups in total. The zero-order chi connectivity index (χ0) is 26.4. The third-order valence-corrected chi connectivity index (χ3v) is 8.57. The lowest BCUT2D eigenvalue weighted by Gasteiger charge is -2.28. The highest BCUT2D eigenvalue weighted by Gasteiger charge is 2.66. The van der Waals surface area contributed by atoms with Gasteiger partial charge in [-0.3, -0.25) is 19.3 Å². The molecule has 2 aliphatic carbocycles. The van der Waals surface area contributed by atoms with E-state index in [1.807, 2.05) is 0 Å². The lowest BCUT2D eigenvalue weighted by molar-refractivity contribution is -0.123. The molecule has 0 unspecified atom stereocenters. The summed E-state index contributed by atoms with van der Waals surface area (Å²) in [6.07, 6.45) is 0.660. The van der Waals surface area contributed by atoms with E-state index in [0.29, 0.717) is 17.7 Å². The second-order valence-corrected chi connectivity index (χ2v) is 10.3. The number of fused-ring (bicyclic) bond motifs is 5. The summed E-state index contributed by atoms with van der Waals surface area (Å²) in [4.78, 5) is 63.8. The maximum Gasteiger partial charge on any atom is 0.338 e. The third kappa shape index (κ3) is 4.36. The van der Waals surface area contributed by atoms with Crippen molar-refractivity contribution in [3.8, 4) is 0 Å². The molecule has 0 aromatic heterocycles. The second-order valence-electron chi connectivity index (χ2n) is 9.26. The number of amides is 3. The van der Waals surface area contributed by atoms with E-state index in [-0.39, 0.29) is 45.7 Å². The first-order valence-electron chi connectivity index (χ1n) is 11.6. The predicted octanol–water partition coefficient (Wildman–Crippen LogP) is 3.24. The van der Waals surface area contributed by atoms with Crippen molar-refractivity contribution in [2.24, 2.45) is 23.7 Å². The SMILES string of the molecule is COC(=O)c1ccc(NC(=O)COC(=O)c2cccc(N3C(=O)[C@@H]4[C@H]5C[C@@H]([C@H](Cl)[C@H]5Cl)[C@H]4C3=O)c2)cc1. The molecule has 3 fully saturated rings. The average Bonchev–Trinajstić information content (AvgIpc) is 3.52. The lowest BCUT2D eigenvalue weighted by atomic mass is 9.80. The van der Waals surface area contributed by atoms with Crippen LogP contribution in [0.1, 0.15) is 27.1 Å². The molecule has 37 heavy (non-hydrogen) atoms. The summed E-state index contributed by atoms with van der Waals surface area (Å²) in [5.41, 5.74) is 1.06. The fraction of sp³-hybridized carbons (Fsp3) is 0.346. The van der Waals surface area contributed by atoms with E-state index in [9.17, 15) is 24.0 Å². The Labute approximate surface area is 222 Å². The summed E-state index contributed by atoms with van der Waals surface area (Å²) in [6, 6.07) is 12.0. The standard InChI is InChI=1S/C26H22Cl2N2O7/c1-36-25(34)12-5-7-14(8-6-12)29-18(31)11-37-26(35)13-3-2-4-15(9-13)30-23(32)19-16-10-17(20(19)24(30)33)22(28)21(16)27/h2-9,16-17,19-22H,10-11H2,1H3,(H,29,31)/t16-,17-,19-,20-,21+,22+/m1/s1. The van der Waals surface area contributed by atoms with Crippen LogP contribution in [0.3, 0.4) is 0 Å². The predicted molar refractivity (Wildman–Crippen MR) is 133 cm³/mol. The molecule has 5 rings (SSSR count). The van der Waals surface area contributed by atoms with Crippen molar-refractivity contribution in [2.45, 2.75) is 17.2 Å². The van der Waals surface area contributed by atoms with Crippen molar-refractivity contribution in [1.82, 2.24) is 0 Å². The summed E-state index contributed by atoms with van der Waals surface area (Å²) in [6.45, 7) is -0.564. The summed E-state index contributed by atoms with van der Waals surface area (Å²) < 4.78 is 9.73. The van der Waals surface area contributed by atoms with Gasteiger partial charge in [-0.1, -0.05) is 6.07 Å². The number of hydrogen-bond acceptors (Lipinski definition) is 7. The van der Waals surface area contributed by atoms with Gasteiger partial charge < -0.3 is 14.8 Å². The number of methoxy groups -OCH3 is 1. The number of ether oxygens (including phenoxy) is 2. The molecule has 11 heteroatoms. The molecule has 1 saturated heterocycles. The summed E-state index contributed by atoms with van der Waals surface area (Å²) in [5.74, 6) is -3.86. The number of carbonyl (C=O) groups excluding carboxylic acids is 5. The second kappa shape index (κ2) is 9.79. The van der Waals surface area contributed by atoms with Gasteiger partial charge in [0.2, 0.25) is 11.8 Å². The molecule has 6 atom stereocenters. The van der Waals surface area contributed by atoms with Gasteiger partial charge in [-0.2, -0.15) is 0 Å². The number of hydrogen-bond donors (Lipinski definition) is 1. The number of carbonyl (C=O) groups is 5. The molecule has 3 amide bonds. The molecule has 2 aromatic carbocycles. The van der Waals surface area contributed by atoms with Crippen molar-refractivity contribution >= 4 is 64.2 Å². The van der Waals surface area contributed by atoms with Crippen molar-refractivity contribution in [1.29, 1.82) is 0 Å². The van der Waals surface area contributed by atoms with Crippen LogP contribution < -0.4 is 10.2 Å². The van der Waals surface area contributed by atoms with Crippen LogP contribution >= 0.6 is 23.2 Å². The number of halogens is 2. The molecule has 2 bridgehead atoms. The van der Waals surface area contributed by atoms with Crippen molar-refractivity contribution in [3.05, 3.63) is 59.7 Å². The van der Waals surface area contributed by atoms with Gasteiger partial charge in [0.1, 0.15) is 0 Å². The third-order valence-electron chi connectivity index (χ3n) is 7.25. The van der Waals surface area contributed by atoms with E-state index in [1.54, 1.807) is 6.07 Å². The molecule has 1 aliphatic heterocycles. The van der Waals surface area contributed by atoms with Crippen molar-refractivity contribution in [2.75, 3.05) is 23.9 Å². The molecule has 192 valence electrons. The summed E-state index contributed by atoms with van der Waals surface area (Å²) in [5, 5.41) is 1.84. The Bertz CT molecular complexity index is 1270. The number of rotatable bonds is 6. The van der Waals surface area contributed by atoms with Gasteiger partial charge in [-0.25, -0.2) is 9.59 Å². The van der Waals surface area contributed by atoms with Crippen LogP contribution in [-0.2, 0) is 23.9 Å². The zero-order valence-electron chi connectivity index (χ0n) is 19.6. The van der Waals surface area contributed by atoms with Gasteiger partial charge in [0.05, 0.1) is 46.5 Å². The highest BCUT2D eigenvalue weighted by molar-refractivity contribution is 6.32. The molecule has 0 radical (unpaired) electrons. The number of imide groups is 1. The minimum absolute atomic E-state index is 0.0822. The highest BCUT2D eigenvalue weighted by atomic mass is 35.5. The highest BCUT2D eigenvalue weighted by Crippen LogP contribution is 2.59. The summed E-state index contributed by atoms with van der Waals surface area (Å²) in [7, 11) is 1.27. The smallest absolute Gasteiger partial charge is 0.338 e. The first-order chi connectivity index (χ1) is 17.7. The van der Waals surface area contributed by atoms with E-state index in [1.165, 1.54) is 49.6 Å². The van der Waals surface area contributed by atoms with E-state index in [4.69, 9.17) is 27.9 Å². The minimum Gasteiger partial charge on any atom is -0.465 e. The number of anilines is 2. The number of benzene rings is 2. The topological polar surface area (TPSA) is 119 Å². The first kappa shape index (κ1) is 25.2. The van der Waals surface area contributed by atoms with Crippen LogP contribution in [-0.4, -0.2) is 54.1 Å². The van der Waals surface area contributed by atoms with Crippen LogP contribution in [0.5, 0.6) is 0 Å². The molecule has 9 nitrogen and oxygen atoms in total. The lowest BCUT2D eigenvalue weighted by Crippen LogP contribution is -2.37. The molecular weight excluding hydrogens is 523 g/mol. The average molecular weight is 545 g/mol. The maximum absolute atomic E-state index is 13.2. The van der Waals surface area contributed by atoms with Crippen LogP contribution in [0.25, 0.3) is 0 Å². The molecular formula is C26H22Cl2N2O7.